The van der Waals surface area contributed by atoms with Gasteiger partial charge in [-0.2, -0.15) is 0 Å². The molecule has 0 aromatic heterocycles. The highest BCUT2D eigenvalue weighted by molar-refractivity contribution is 7.92. The molecule has 0 radical (unpaired) electrons. The van der Waals surface area contributed by atoms with E-state index in [4.69, 9.17) is 9.47 Å². The molecule has 134 valence electrons. The Morgan fingerprint density at radius 1 is 1.21 bits per heavy atom. The lowest BCUT2D eigenvalue weighted by atomic mass is 10.1. The molecule has 1 amide bonds. The van der Waals surface area contributed by atoms with Crippen LogP contribution in [0.1, 0.15) is 27.7 Å². The highest BCUT2D eigenvalue weighted by Crippen LogP contribution is 2.35. The van der Waals surface area contributed by atoms with E-state index < -0.39 is 21.6 Å². The minimum atomic E-state index is -3.67. The van der Waals surface area contributed by atoms with E-state index in [0.29, 0.717) is 30.4 Å². The second-order valence-corrected chi connectivity index (χ2v) is 8.66. The third-order valence-corrected chi connectivity index (χ3v) is 4.61. The summed E-state index contributed by atoms with van der Waals surface area (Å²) in [4.78, 5) is 12.4. The Labute approximate surface area is 143 Å². The molecule has 1 aromatic rings. The summed E-state index contributed by atoms with van der Waals surface area (Å²) >= 11 is 0. The molecule has 1 aromatic carbocycles. The van der Waals surface area contributed by atoms with Crippen LogP contribution in [0.15, 0.2) is 18.2 Å². The Bertz CT molecular complexity index is 724. The van der Waals surface area contributed by atoms with Gasteiger partial charge in [-0.3, -0.25) is 9.10 Å². The van der Waals surface area contributed by atoms with E-state index in [1.807, 2.05) is 20.8 Å². The zero-order valence-corrected chi connectivity index (χ0v) is 15.4. The molecular weight excluding hydrogens is 332 g/mol. The van der Waals surface area contributed by atoms with Crippen LogP contribution in [0.3, 0.4) is 0 Å². The molecule has 0 aliphatic carbocycles. The third-order valence-electron chi connectivity index (χ3n) is 3.37. The number of benzene rings is 1. The highest BCUT2D eigenvalue weighted by Gasteiger charge is 2.31. The maximum absolute atomic E-state index is 12.4. The van der Waals surface area contributed by atoms with Crippen LogP contribution < -0.4 is 19.1 Å². The van der Waals surface area contributed by atoms with Crippen molar-refractivity contribution >= 4 is 21.6 Å². The normalized spacial score (nSPS) is 15.5. The van der Waals surface area contributed by atoms with Crippen LogP contribution in [0.2, 0.25) is 0 Å². The number of ether oxygens (including phenoxy) is 2. The van der Waals surface area contributed by atoms with Crippen molar-refractivity contribution in [1.82, 2.24) is 5.32 Å². The van der Waals surface area contributed by atoms with E-state index in [0.717, 1.165) is 10.6 Å². The summed E-state index contributed by atoms with van der Waals surface area (Å²) in [6.07, 6.45) is 1.07. The third kappa shape index (κ3) is 4.31. The Morgan fingerprint density at radius 2 is 1.79 bits per heavy atom. The lowest BCUT2D eigenvalue weighted by Crippen LogP contribution is -2.52. The first-order valence-corrected chi connectivity index (χ1v) is 9.55. The van der Waals surface area contributed by atoms with Crippen LogP contribution in [0.25, 0.3) is 0 Å². The number of sulfonamides is 1. The molecule has 8 heteroatoms. The van der Waals surface area contributed by atoms with E-state index in [1.54, 1.807) is 25.1 Å². The van der Waals surface area contributed by atoms with Gasteiger partial charge in [0.05, 0.1) is 11.9 Å². The van der Waals surface area contributed by atoms with Crippen LogP contribution in [0.4, 0.5) is 5.69 Å². The summed E-state index contributed by atoms with van der Waals surface area (Å²) in [5.41, 5.74) is -0.0975. The maximum atomic E-state index is 12.4. The van der Waals surface area contributed by atoms with Crippen molar-refractivity contribution in [2.24, 2.45) is 0 Å². The van der Waals surface area contributed by atoms with E-state index >= 15 is 0 Å². The fourth-order valence-corrected chi connectivity index (χ4v) is 3.62. The fraction of sp³-hybridized carbons (Fsp3) is 0.562. The van der Waals surface area contributed by atoms with Gasteiger partial charge in [-0.1, -0.05) is 0 Å². The molecule has 0 spiro atoms. The first-order valence-electron chi connectivity index (χ1n) is 7.70. The number of hydrogen-bond donors (Lipinski definition) is 1. The summed E-state index contributed by atoms with van der Waals surface area (Å²) in [5, 5.41) is 2.80. The van der Waals surface area contributed by atoms with Crippen LogP contribution in [0, 0.1) is 0 Å². The summed E-state index contributed by atoms with van der Waals surface area (Å²) in [6, 6.07) is 3.93. The SMILES string of the molecule is C[C@H](C(=O)NC(C)(C)C)N(c1ccc2c(c1)OCCO2)S(C)(=O)=O. The molecule has 0 saturated carbocycles. The molecule has 1 aliphatic heterocycles. The minimum Gasteiger partial charge on any atom is -0.486 e. The van der Waals surface area contributed by atoms with Crippen molar-refractivity contribution in [3.8, 4) is 11.5 Å². The van der Waals surface area contributed by atoms with E-state index in [9.17, 15) is 13.2 Å². The summed E-state index contributed by atoms with van der Waals surface area (Å²) in [7, 11) is -3.67. The van der Waals surface area contributed by atoms with Gasteiger partial charge in [-0.15, -0.1) is 0 Å². The molecule has 0 bridgehead atoms. The summed E-state index contributed by atoms with van der Waals surface area (Å²) in [5.74, 6) is 0.656. The molecule has 1 heterocycles. The predicted molar refractivity (Wildman–Crippen MR) is 92.1 cm³/mol. The van der Waals surface area contributed by atoms with E-state index in [2.05, 4.69) is 5.32 Å². The predicted octanol–water partition coefficient (Wildman–Crippen LogP) is 1.53. The Kier molecular flexibility index (Phi) is 4.98. The Morgan fingerprint density at radius 3 is 2.33 bits per heavy atom. The monoisotopic (exact) mass is 356 g/mol. The Balaban J connectivity index is 2.38. The van der Waals surface area contributed by atoms with Crippen LogP contribution in [0.5, 0.6) is 11.5 Å². The molecule has 24 heavy (non-hydrogen) atoms. The molecule has 7 nitrogen and oxygen atoms in total. The van der Waals surface area contributed by atoms with Crippen LogP contribution >= 0.6 is 0 Å². The quantitative estimate of drug-likeness (QED) is 0.884. The van der Waals surface area contributed by atoms with Gasteiger partial charge in [0.1, 0.15) is 19.3 Å². The van der Waals surface area contributed by atoms with E-state index in [-0.39, 0.29) is 5.91 Å². The van der Waals surface area contributed by atoms with Gasteiger partial charge in [0.2, 0.25) is 15.9 Å². The van der Waals surface area contributed by atoms with Crippen molar-refractivity contribution < 1.29 is 22.7 Å². The zero-order valence-electron chi connectivity index (χ0n) is 14.6. The average molecular weight is 356 g/mol. The first kappa shape index (κ1) is 18.4. The first-order chi connectivity index (χ1) is 11.0. The number of carbonyl (C=O) groups excluding carboxylic acids is 1. The number of fused-ring (bicyclic) bond motifs is 1. The van der Waals surface area contributed by atoms with Crippen molar-refractivity contribution in [2.75, 3.05) is 23.8 Å². The largest absolute Gasteiger partial charge is 0.486 e. The number of nitrogens with zero attached hydrogens (tertiary/aromatic N) is 1. The topological polar surface area (TPSA) is 84.9 Å². The van der Waals surface area contributed by atoms with Crippen molar-refractivity contribution in [2.45, 2.75) is 39.3 Å². The standard InChI is InChI=1S/C16H24N2O5S/c1-11(15(19)17-16(2,3)4)18(24(5,20)21)12-6-7-13-14(10-12)23-9-8-22-13/h6-7,10-11H,8-9H2,1-5H3,(H,17,19)/t11-/m1/s1. The smallest absolute Gasteiger partial charge is 0.244 e. The van der Waals surface area contributed by atoms with Crippen LogP contribution in [-0.4, -0.2) is 45.4 Å². The van der Waals surface area contributed by atoms with Crippen molar-refractivity contribution in [1.29, 1.82) is 0 Å². The Hall–Kier alpha value is -1.96. The van der Waals surface area contributed by atoms with Gasteiger partial charge in [-0.05, 0) is 39.8 Å². The molecule has 0 unspecified atom stereocenters. The van der Waals surface area contributed by atoms with Gasteiger partial charge in [0, 0.05) is 11.6 Å². The molecule has 0 saturated heterocycles. The highest BCUT2D eigenvalue weighted by atomic mass is 32.2. The molecule has 1 N–H and O–H groups in total. The fourth-order valence-electron chi connectivity index (χ4n) is 2.45. The van der Waals surface area contributed by atoms with Crippen LogP contribution in [-0.2, 0) is 14.8 Å². The number of nitrogens with one attached hydrogen (secondary N) is 1. The zero-order chi connectivity index (χ0) is 18.1. The molecule has 1 aliphatic rings. The van der Waals surface area contributed by atoms with Gasteiger partial charge in [0.25, 0.3) is 0 Å². The molecular formula is C16H24N2O5S. The van der Waals surface area contributed by atoms with Gasteiger partial charge >= 0.3 is 0 Å². The molecule has 1 atom stereocenters. The van der Waals surface area contributed by atoms with Crippen molar-refractivity contribution in [3.63, 3.8) is 0 Å². The second kappa shape index (κ2) is 6.51. The number of amides is 1. The van der Waals surface area contributed by atoms with E-state index in [1.165, 1.54) is 0 Å². The van der Waals surface area contributed by atoms with Gasteiger partial charge in [0.15, 0.2) is 11.5 Å². The lowest BCUT2D eigenvalue weighted by Gasteiger charge is -2.31. The summed E-state index contributed by atoms with van der Waals surface area (Å²) in [6.45, 7) is 7.92. The summed E-state index contributed by atoms with van der Waals surface area (Å²) < 4.78 is 36.6. The minimum absolute atomic E-state index is 0.360. The van der Waals surface area contributed by atoms with Gasteiger partial charge in [-0.25, -0.2) is 8.42 Å². The van der Waals surface area contributed by atoms with Crippen molar-refractivity contribution in [3.05, 3.63) is 18.2 Å². The number of hydrogen-bond acceptors (Lipinski definition) is 5. The number of carbonyl (C=O) groups is 1. The number of anilines is 1. The second-order valence-electron chi connectivity index (χ2n) is 6.80. The maximum Gasteiger partial charge on any atom is 0.244 e. The lowest BCUT2D eigenvalue weighted by molar-refractivity contribution is -0.123. The average Bonchev–Trinajstić information content (AvgIpc) is 2.44. The molecule has 0 fully saturated rings. The number of rotatable bonds is 4. The molecule has 2 rings (SSSR count). The van der Waals surface area contributed by atoms with Gasteiger partial charge < -0.3 is 14.8 Å².